The summed E-state index contributed by atoms with van der Waals surface area (Å²) in [6.07, 6.45) is 1.20. The first-order valence-corrected chi connectivity index (χ1v) is 14.2. The summed E-state index contributed by atoms with van der Waals surface area (Å²) in [7, 11) is -14.6. The molecule has 15 heteroatoms. The molecule has 0 radical (unpaired) electrons. The normalized spacial score (nSPS) is 13.6. The van der Waals surface area contributed by atoms with E-state index >= 15 is 0 Å². The van der Waals surface area contributed by atoms with Gasteiger partial charge in [0.25, 0.3) is 0 Å². The number of alkyl halides is 3. The highest BCUT2D eigenvalue weighted by atomic mass is 32.2. The zero-order valence-electron chi connectivity index (χ0n) is 18.1. The Morgan fingerprint density at radius 3 is 2.06 bits per heavy atom. The van der Waals surface area contributed by atoms with Crippen LogP contribution in [0.2, 0.25) is 0 Å². The standard InChI is InChI=1S/C21H16F3N3O6S3/c1-14(27-36(32,33)21(22,23)24)16-6-8-17(9-7-16)34(28,29)18-10-5-15(13-25)12-19(18)35(30,31)20-4-2-3-11-26-20/h2-12,14,27H,1H3/t14-/m0/s1. The number of nitriles is 1. The fourth-order valence-electron chi connectivity index (χ4n) is 3.06. The number of sulfonamides is 1. The van der Waals surface area contributed by atoms with Crippen molar-refractivity contribution in [3.63, 3.8) is 0 Å². The van der Waals surface area contributed by atoms with Gasteiger partial charge in [0.1, 0.15) is 0 Å². The average Bonchev–Trinajstić information content (AvgIpc) is 2.83. The molecule has 1 N–H and O–H groups in total. The van der Waals surface area contributed by atoms with Crippen LogP contribution in [0, 0.1) is 11.3 Å². The summed E-state index contributed by atoms with van der Waals surface area (Å²) in [6.45, 7) is 1.13. The van der Waals surface area contributed by atoms with Crippen LogP contribution < -0.4 is 4.72 Å². The molecule has 0 spiro atoms. The second-order valence-corrected chi connectivity index (χ2v) is 12.8. The molecule has 0 aliphatic rings. The summed E-state index contributed by atoms with van der Waals surface area (Å²) in [6, 6.07) is 11.5. The highest BCUT2D eigenvalue weighted by Gasteiger charge is 2.46. The SMILES string of the molecule is C[C@H](NS(=O)(=O)C(F)(F)F)c1ccc(S(=O)(=O)c2ccc(C#N)cc2S(=O)(=O)c2ccccn2)cc1. The largest absolute Gasteiger partial charge is 0.511 e. The van der Waals surface area contributed by atoms with Crippen LogP contribution in [0.15, 0.2) is 86.6 Å². The van der Waals surface area contributed by atoms with E-state index < -0.39 is 61.0 Å². The molecular formula is C21H16F3N3O6S3. The molecular weight excluding hydrogens is 543 g/mol. The van der Waals surface area contributed by atoms with E-state index in [-0.39, 0.29) is 11.1 Å². The van der Waals surface area contributed by atoms with Gasteiger partial charge in [-0.15, -0.1) is 0 Å². The summed E-state index contributed by atoms with van der Waals surface area (Å²) >= 11 is 0. The Morgan fingerprint density at radius 1 is 0.889 bits per heavy atom. The van der Waals surface area contributed by atoms with Gasteiger partial charge < -0.3 is 0 Å². The molecule has 0 fully saturated rings. The van der Waals surface area contributed by atoms with Crippen molar-refractivity contribution in [1.29, 1.82) is 5.26 Å². The minimum absolute atomic E-state index is 0.0166. The Labute approximate surface area is 205 Å². The molecule has 3 rings (SSSR count). The van der Waals surface area contributed by atoms with Gasteiger partial charge in [0.15, 0.2) is 5.03 Å². The third-order valence-corrected chi connectivity index (χ3v) is 9.83. The second-order valence-electron chi connectivity index (χ2n) is 7.31. The summed E-state index contributed by atoms with van der Waals surface area (Å²) in [5, 5.41) is 8.75. The van der Waals surface area contributed by atoms with E-state index in [0.717, 1.165) is 55.5 Å². The van der Waals surface area contributed by atoms with E-state index in [1.54, 1.807) is 6.07 Å². The quantitative estimate of drug-likeness (QED) is 0.464. The molecule has 0 unspecified atom stereocenters. The lowest BCUT2D eigenvalue weighted by Crippen LogP contribution is -2.37. The molecule has 0 aliphatic heterocycles. The van der Waals surface area contributed by atoms with Gasteiger partial charge in [0.05, 0.1) is 26.3 Å². The minimum atomic E-state index is -5.65. The van der Waals surface area contributed by atoms with Crippen LogP contribution >= 0.6 is 0 Å². The third kappa shape index (κ3) is 5.26. The first kappa shape index (κ1) is 27.3. The molecule has 0 amide bonds. The van der Waals surface area contributed by atoms with Gasteiger partial charge >= 0.3 is 15.5 Å². The predicted octanol–water partition coefficient (Wildman–Crippen LogP) is 3.12. The molecule has 0 aliphatic carbocycles. The van der Waals surface area contributed by atoms with Gasteiger partial charge in [-0.2, -0.15) is 18.4 Å². The number of aromatic nitrogens is 1. The van der Waals surface area contributed by atoms with Crippen LogP contribution in [0.25, 0.3) is 0 Å². The lowest BCUT2D eigenvalue weighted by atomic mass is 10.1. The Morgan fingerprint density at radius 2 is 1.53 bits per heavy atom. The van der Waals surface area contributed by atoms with Crippen molar-refractivity contribution in [2.75, 3.05) is 0 Å². The molecule has 9 nitrogen and oxygen atoms in total. The van der Waals surface area contributed by atoms with Crippen LogP contribution in [0.5, 0.6) is 0 Å². The molecule has 190 valence electrons. The number of benzene rings is 2. The lowest BCUT2D eigenvalue weighted by molar-refractivity contribution is -0.0450. The predicted molar refractivity (Wildman–Crippen MR) is 119 cm³/mol. The maximum Gasteiger partial charge on any atom is 0.511 e. The first-order valence-electron chi connectivity index (χ1n) is 9.75. The molecule has 1 heterocycles. The molecule has 1 aromatic heterocycles. The monoisotopic (exact) mass is 559 g/mol. The molecule has 0 saturated carbocycles. The number of hydrogen-bond acceptors (Lipinski definition) is 8. The fraction of sp³-hybridized carbons (Fsp3) is 0.143. The summed E-state index contributed by atoms with van der Waals surface area (Å²) in [4.78, 5) is 2.00. The van der Waals surface area contributed by atoms with Crippen LogP contribution in [0.1, 0.15) is 24.1 Å². The zero-order chi connectivity index (χ0) is 26.9. The van der Waals surface area contributed by atoms with Crippen LogP contribution in [0.4, 0.5) is 13.2 Å². The highest BCUT2D eigenvalue weighted by molar-refractivity contribution is 7.94. The van der Waals surface area contributed by atoms with E-state index in [0.29, 0.717) is 0 Å². The van der Waals surface area contributed by atoms with Crippen molar-refractivity contribution in [2.24, 2.45) is 0 Å². The van der Waals surface area contributed by atoms with E-state index in [1.165, 1.54) is 23.1 Å². The second kappa shape index (κ2) is 9.62. The number of nitrogens with zero attached hydrogens (tertiary/aromatic N) is 2. The highest BCUT2D eigenvalue weighted by Crippen LogP contribution is 2.32. The average molecular weight is 560 g/mol. The Bertz CT molecular complexity index is 1650. The van der Waals surface area contributed by atoms with Gasteiger partial charge in [-0.05, 0) is 55.0 Å². The first-order chi connectivity index (χ1) is 16.6. The molecule has 0 bridgehead atoms. The Hall–Kier alpha value is -3.32. The lowest BCUT2D eigenvalue weighted by Gasteiger charge is -2.17. The number of rotatable bonds is 7. The van der Waals surface area contributed by atoms with Crippen molar-refractivity contribution >= 4 is 29.7 Å². The molecule has 1 atom stereocenters. The van der Waals surface area contributed by atoms with Crippen LogP contribution in [0.3, 0.4) is 0 Å². The molecule has 36 heavy (non-hydrogen) atoms. The number of halogens is 3. The molecule has 3 aromatic rings. The van der Waals surface area contributed by atoms with Crippen molar-refractivity contribution < 1.29 is 38.4 Å². The number of sulfone groups is 2. The third-order valence-electron chi connectivity index (χ3n) is 4.89. The van der Waals surface area contributed by atoms with Crippen LogP contribution in [-0.2, 0) is 29.7 Å². The maximum absolute atomic E-state index is 13.3. The Kier molecular flexibility index (Phi) is 7.29. The van der Waals surface area contributed by atoms with E-state index in [9.17, 15) is 43.7 Å². The van der Waals surface area contributed by atoms with Gasteiger partial charge in [0.2, 0.25) is 19.7 Å². The summed E-state index contributed by atoms with van der Waals surface area (Å²) in [5.41, 5.74) is -5.64. The van der Waals surface area contributed by atoms with Gasteiger partial charge in [-0.1, -0.05) is 18.2 Å². The van der Waals surface area contributed by atoms with Crippen LogP contribution in [-0.4, -0.2) is 35.7 Å². The van der Waals surface area contributed by atoms with Gasteiger partial charge in [-0.3, -0.25) is 0 Å². The summed E-state index contributed by atoms with van der Waals surface area (Å²) < 4.78 is 115. The van der Waals surface area contributed by atoms with E-state index in [1.807, 2.05) is 0 Å². The fourth-order valence-corrected chi connectivity index (χ4v) is 7.07. The van der Waals surface area contributed by atoms with E-state index in [4.69, 9.17) is 0 Å². The van der Waals surface area contributed by atoms with Crippen molar-refractivity contribution in [3.8, 4) is 6.07 Å². The minimum Gasteiger partial charge on any atom is -0.244 e. The van der Waals surface area contributed by atoms with Crippen molar-refractivity contribution in [3.05, 3.63) is 78.0 Å². The smallest absolute Gasteiger partial charge is 0.244 e. The molecule has 0 saturated heterocycles. The van der Waals surface area contributed by atoms with E-state index in [2.05, 4.69) is 4.98 Å². The van der Waals surface area contributed by atoms with Gasteiger partial charge in [-0.25, -0.2) is 35.0 Å². The zero-order valence-corrected chi connectivity index (χ0v) is 20.6. The topological polar surface area (TPSA) is 151 Å². The number of hydrogen-bond donors (Lipinski definition) is 1. The van der Waals surface area contributed by atoms with Gasteiger partial charge in [0, 0.05) is 12.2 Å². The molecule has 2 aromatic carbocycles. The maximum atomic E-state index is 13.3. The summed E-state index contributed by atoms with van der Waals surface area (Å²) in [5.74, 6) is 0. The number of pyridine rings is 1. The van der Waals surface area contributed by atoms with Crippen molar-refractivity contribution in [2.45, 2.75) is 38.2 Å². The van der Waals surface area contributed by atoms with Crippen molar-refractivity contribution in [1.82, 2.24) is 9.71 Å². The number of nitrogens with one attached hydrogen (secondary N) is 1. The Balaban J connectivity index is 2.06.